The van der Waals surface area contributed by atoms with Crippen molar-refractivity contribution in [3.63, 3.8) is 0 Å². The molecular weight excluding hydrogens is 202 g/mol. The number of carbonyl (C=O) groups excluding carboxylic acids is 2. The Bertz CT molecular complexity index is 526. The van der Waals surface area contributed by atoms with Crippen LogP contribution in [0.25, 0.3) is 4.96 Å². The molecule has 0 radical (unpaired) electrons. The summed E-state index contributed by atoms with van der Waals surface area (Å²) in [5.41, 5.74) is 6.27. The molecule has 0 aliphatic carbocycles. The van der Waals surface area contributed by atoms with Gasteiger partial charge in [-0.3, -0.25) is 14.0 Å². The van der Waals surface area contributed by atoms with E-state index in [2.05, 4.69) is 4.98 Å². The Hall–Kier alpha value is -1.69. The highest BCUT2D eigenvalue weighted by Crippen LogP contribution is 2.22. The van der Waals surface area contributed by atoms with E-state index in [1.807, 2.05) is 0 Å². The molecule has 14 heavy (non-hydrogen) atoms. The topological polar surface area (TPSA) is 77.5 Å². The van der Waals surface area contributed by atoms with Crippen LogP contribution in [0.15, 0.2) is 6.20 Å². The van der Waals surface area contributed by atoms with Gasteiger partial charge in [0.05, 0.1) is 6.20 Å². The molecule has 0 bridgehead atoms. The van der Waals surface area contributed by atoms with Crippen LogP contribution >= 0.6 is 11.3 Å². The van der Waals surface area contributed by atoms with Crippen LogP contribution in [0.1, 0.15) is 25.9 Å². The third kappa shape index (κ3) is 1.04. The Balaban J connectivity index is 2.82. The number of nitrogens with two attached hydrogens (primary N) is 1. The van der Waals surface area contributed by atoms with Crippen molar-refractivity contribution in [2.24, 2.45) is 5.73 Å². The highest BCUT2D eigenvalue weighted by Gasteiger charge is 2.15. The summed E-state index contributed by atoms with van der Waals surface area (Å²) in [6.45, 7) is 1.73. The van der Waals surface area contributed by atoms with Gasteiger partial charge in [0.1, 0.15) is 10.6 Å². The summed E-state index contributed by atoms with van der Waals surface area (Å²) in [7, 11) is 0. The van der Waals surface area contributed by atoms with Gasteiger partial charge < -0.3 is 5.73 Å². The number of aldehydes is 1. The lowest BCUT2D eigenvalue weighted by molar-refractivity contribution is 0.100. The van der Waals surface area contributed by atoms with Crippen LogP contribution in [0.2, 0.25) is 0 Å². The first-order chi connectivity index (χ1) is 6.65. The summed E-state index contributed by atoms with van der Waals surface area (Å²) in [5.74, 6) is -0.491. The maximum atomic E-state index is 11.0. The van der Waals surface area contributed by atoms with Crippen molar-refractivity contribution < 1.29 is 9.59 Å². The number of aromatic nitrogens is 2. The molecule has 0 fully saturated rings. The quantitative estimate of drug-likeness (QED) is 0.736. The lowest BCUT2D eigenvalue weighted by atomic mass is 10.3. The average molecular weight is 209 g/mol. The van der Waals surface area contributed by atoms with Crippen LogP contribution in [0.4, 0.5) is 0 Å². The number of fused-ring (bicyclic) bond motifs is 1. The van der Waals surface area contributed by atoms with Crippen LogP contribution in [0.3, 0.4) is 0 Å². The van der Waals surface area contributed by atoms with Gasteiger partial charge in [0.2, 0.25) is 0 Å². The predicted octanol–water partition coefficient (Wildman–Crippen LogP) is 0.616. The van der Waals surface area contributed by atoms with E-state index in [9.17, 15) is 9.59 Å². The van der Waals surface area contributed by atoms with Crippen molar-refractivity contribution in [1.29, 1.82) is 0 Å². The Kier molecular flexibility index (Phi) is 1.85. The molecule has 0 unspecified atom stereocenters. The predicted molar refractivity (Wildman–Crippen MR) is 51.7 cm³/mol. The first-order valence-electron chi connectivity index (χ1n) is 3.87. The Morgan fingerprint density at radius 1 is 1.71 bits per heavy atom. The first kappa shape index (κ1) is 8.89. The average Bonchev–Trinajstić information content (AvgIpc) is 2.66. The van der Waals surface area contributed by atoms with E-state index in [-0.39, 0.29) is 0 Å². The number of rotatable bonds is 2. The lowest BCUT2D eigenvalue weighted by Gasteiger charge is -1.93. The van der Waals surface area contributed by atoms with Crippen molar-refractivity contribution in [3.05, 3.63) is 22.5 Å². The largest absolute Gasteiger partial charge is 0.365 e. The van der Waals surface area contributed by atoms with Crippen molar-refractivity contribution in [1.82, 2.24) is 9.38 Å². The second kappa shape index (κ2) is 2.91. The molecule has 0 saturated carbocycles. The third-order valence-electron chi connectivity index (χ3n) is 1.96. The maximum Gasteiger partial charge on any atom is 0.260 e. The molecule has 2 aromatic heterocycles. The molecule has 2 aromatic rings. The summed E-state index contributed by atoms with van der Waals surface area (Å²) < 4.78 is 1.62. The summed E-state index contributed by atoms with van der Waals surface area (Å²) >= 11 is 1.19. The molecule has 0 atom stereocenters. The van der Waals surface area contributed by atoms with E-state index < -0.39 is 5.91 Å². The van der Waals surface area contributed by atoms with Crippen molar-refractivity contribution in [2.45, 2.75) is 6.92 Å². The number of thiazole rings is 1. The number of nitrogens with zero attached hydrogens (tertiary/aromatic N) is 2. The Morgan fingerprint density at radius 2 is 2.43 bits per heavy atom. The van der Waals surface area contributed by atoms with Gasteiger partial charge in [0, 0.05) is 5.69 Å². The van der Waals surface area contributed by atoms with Crippen molar-refractivity contribution in [3.8, 4) is 0 Å². The van der Waals surface area contributed by atoms with Crippen molar-refractivity contribution >= 4 is 28.5 Å². The molecule has 1 amide bonds. The fourth-order valence-corrected chi connectivity index (χ4v) is 2.30. The van der Waals surface area contributed by atoms with Gasteiger partial charge in [-0.25, -0.2) is 4.98 Å². The van der Waals surface area contributed by atoms with Crippen LogP contribution in [-0.2, 0) is 0 Å². The van der Waals surface area contributed by atoms with Gasteiger partial charge in [0.25, 0.3) is 5.91 Å². The molecular formula is C8H7N3O2S. The second-order valence-electron chi connectivity index (χ2n) is 2.80. The number of amides is 1. The van der Waals surface area contributed by atoms with Crippen LogP contribution in [0, 0.1) is 6.92 Å². The van der Waals surface area contributed by atoms with Crippen molar-refractivity contribution in [2.75, 3.05) is 0 Å². The monoisotopic (exact) mass is 209 g/mol. The van der Waals surface area contributed by atoms with E-state index in [1.54, 1.807) is 11.3 Å². The van der Waals surface area contributed by atoms with Crippen LogP contribution in [0.5, 0.6) is 0 Å². The minimum atomic E-state index is -0.491. The van der Waals surface area contributed by atoms with Gasteiger partial charge in [-0.1, -0.05) is 11.3 Å². The maximum absolute atomic E-state index is 11.0. The lowest BCUT2D eigenvalue weighted by Crippen LogP contribution is -2.11. The van der Waals surface area contributed by atoms with Crippen LogP contribution in [-0.4, -0.2) is 21.6 Å². The minimum Gasteiger partial charge on any atom is -0.365 e. The first-order valence-corrected chi connectivity index (χ1v) is 4.68. The molecule has 0 aromatic carbocycles. The number of carbonyl (C=O) groups is 2. The third-order valence-corrected chi connectivity index (χ3v) is 3.13. The molecule has 0 aliphatic rings. The summed E-state index contributed by atoms with van der Waals surface area (Å²) in [6, 6.07) is 0. The van der Waals surface area contributed by atoms with E-state index in [0.29, 0.717) is 27.5 Å². The zero-order valence-corrected chi connectivity index (χ0v) is 8.17. The number of primary amides is 1. The number of aryl methyl sites for hydroxylation is 1. The van der Waals surface area contributed by atoms with Gasteiger partial charge >= 0.3 is 0 Å². The zero-order chi connectivity index (χ0) is 10.3. The van der Waals surface area contributed by atoms with E-state index >= 15 is 0 Å². The molecule has 2 rings (SSSR count). The Labute approximate surface area is 83.2 Å². The standard InChI is InChI=1S/C8H7N3O2S/c1-4-6(7(9)13)14-8-10-2-5(3-12)11(4)8/h2-3H,1H3,(H2,9,13). The summed E-state index contributed by atoms with van der Waals surface area (Å²) in [4.78, 5) is 26.7. The van der Waals surface area contributed by atoms with Gasteiger partial charge in [-0.15, -0.1) is 0 Å². The number of imidazole rings is 1. The number of hydrogen-bond donors (Lipinski definition) is 1. The molecule has 0 spiro atoms. The van der Waals surface area contributed by atoms with Gasteiger partial charge in [0.15, 0.2) is 11.2 Å². The van der Waals surface area contributed by atoms with E-state index in [4.69, 9.17) is 5.73 Å². The van der Waals surface area contributed by atoms with E-state index in [1.165, 1.54) is 17.5 Å². The van der Waals surface area contributed by atoms with Gasteiger partial charge in [-0.2, -0.15) is 0 Å². The zero-order valence-electron chi connectivity index (χ0n) is 7.35. The molecule has 5 nitrogen and oxygen atoms in total. The Morgan fingerprint density at radius 3 is 3.00 bits per heavy atom. The fraction of sp³-hybridized carbons (Fsp3) is 0.125. The second-order valence-corrected chi connectivity index (χ2v) is 3.78. The smallest absolute Gasteiger partial charge is 0.260 e. The summed E-state index contributed by atoms with van der Waals surface area (Å²) in [6.07, 6.45) is 2.17. The minimum absolute atomic E-state index is 0.432. The highest BCUT2D eigenvalue weighted by atomic mass is 32.1. The molecule has 72 valence electrons. The molecule has 0 saturated heterocycles. The van der Waals surface area contributed by atoms with E-state index in [0.717, 1.165) is 0 Å². The SMILES string of the molecule is Cc1c(C(N)=O)sc2ncc(C=O)n12. The highest BCUT2D eigenvalue weighted by molar-refractivity contribution is 7.19. The fourth-order valence-electron chi connectivity index (χ4n) is 1.33. The molecule has 2 N–H and O–H groups in total. The molecule has 6 heteroatoms. The molecule has 0 aliphatic heterocycles. The number of hydrogen-bond acceptors (Lipinski definition) is 4. The normalized spacial score (nSPS) is 10.6. The summed E-state index contributed by atoms with van der Waals surface area (Å²) in [5, 5.41) is 0. The molecule has 2 heterocycles. The van der Waals surface area contributed by atoms with Gasteiger partial charge in [-0.05, 0) is 6.92 Å². The van der Waals surface area contributed by atoms with Crippen LogP contribution < -0.4 is 5.73 Å².